The monoisotopic (exact) mass is 302 g/mol. The first kappa shape index (κ1) is 16.0. The summed E-state index contributed by atoms with van der Waals surface area (Å²) < 4.78 is 0.536. The van der Waals surface area contributed by atoms with Crippen LogP contribution in [0.3, 0.4) is 0 Å². The maximum Gasteiger partial charge on any atom is 0.336 e. The highest BCUT2D eigenvalue weighted by atomic mass is 79.9. The molecule has 14 heavy (non-hydrogen) atoms. The van der Waals surface area contributed by atoms with Crippen molar-refractivity contribution in [2.45, 2.75) is 0 Å². The highest BCUT2D eigenvalue weighted by Gasteiger charge is 2.07. The molecular weight excluding hydrogens is 295 g/mol. The highest BCUT2D eigenvalue weighted by Crippen LogP contribution is 2.20. The van der Waals surface area contributed by atoms with E-state index in [1.165, 1.54) is 6.07 Å². The molecule has 0 bridgehead atoms. The van der Waals surface area contributed by atoms with Gasteiger partial charge in [-0.05, 0) is 34.1 Å². The maximum atomic E-state index is 10.6. The Morgan fingerprint density at radius 3 is 2.43 bits per heavy atom. The number of hydrogen-bond donors (Lipinski definition) is 3. The van der Waals surface area contributed by atoms with Crippen LogP contribution < -0.4 is 11.3 Å². The standard InChI is InChI=1S/C7H7BrN2O2.2ClH/c8-6-2-1-4(10-9)3-5(6)7(11)12;;/h1-3,10H,9H2,(H,11,12);2*1H. The van der Waals surface area contributed by atoms with Crippen LogP contribution >= 0.6 is 40.7 Å². The Hall–Kier alpha value is -0.490. The number of nitrogens with two attached hydrogens (primary N) is 1. The molecule has 0 saturated heterocycles. The molecule has 4 N–H and O–H groups in total. The number of nitrogens with one attached hydrogen (secondary N) is 1. The zero-order valence-electron chi connectivity index (χ0n) is 6.86. The lowest BCUT2D eigenvalue weighted by atomic mass is 10.2. The second-order valence-electron chi connectivity index (χ2n) is 2.14. The normalized spacial score (nSPS) is 8.14. The Kier molecular flexibility index (Phi) is 7.85. The van der Waals surface area contributed by atoms with Crippen LogP contribution in [0.15, 0.2) is 22.7 Å². The zero-order valence-corrected chi connectivity index (χ0v) is 10.1. The molecule has 0 aliphatic carbocycles. The number of hydrogen-bond acceptors (Lipinski definition) is 3. The number of hydrazine groups is 1. The van der Waals surface area contributed by atoms with E-state index in [9.17, 15) is 4.79 Å². The third-order valence-electron chi connectivity index (χ3n) is 1.36. The summed E-state index contributed by atoms with van der Waals surface area (Å²) in [5.41, 5.74) is 3.12. The number of rotatable bonds is 2. The number of nitrogen functional groups attached to an aromatic ring is 1. The molecule has 0 spiro atoms. The molecule has 0 aliphatic heterocycles. The van der Waals surface area contributed by atoms with Crippen LogP contribution in [-0.4, -0.2) is 11.1 Å². The van der Waals surface area contributed by atoms with Crippen LogP contribution in [0.2, 0.25) is 0 Å². The van der Waals surface area contributed by atoms with Crippen molar-refractivity contribution in [2.24, 2.45) is 5.84 Å². The van der Waals surface area contributed by atoms with E-state index in [1.54, 1.807) is 12.1 Å². The number of carboxylic acids is 1. The summed E-state index contributed by atoms with van der Waals surface area (Å²) in [4.78, 5) is 10.6. The Morgan fingerprint density at radius 2 is 2.00 bits per heavy atom. The second kappa shape index (κ2) is 6.89. The topological polar surface area (TPSA) is 75.3 Å². The minimum Gasteiger partial charge on any atom is -0.478 e. The van der Waals surface area contributed by atoms with Gasteiger partial charge in [-0.25, -0.2) is 4.79 Å². The van der Waals surface area contributed by atoms with E-state index < -0.39 is 5.97 Å². The predicted octanol–water partition coefficient (Wildman–Crippen LogP) is 2.28. The molecular formula is C7H9BrCl2N2O2. The maximum absolute atomic E-state index is 10.6. The molecule has 0 fully saturated rings. The number of carboxylic acid groups (broad SMARTS) is 1. The van der Waals surface area contributed by atoms with Gasteiger partial charge in [0, 0.05) is 10.2 Å². The van der Waals surface area contributed by atoms with E-state index in [-0.39, 0.29) is 30.4 Å². The Bertz CT molecular complexity index is 323. The molecule has 0 aromatic heterocycles. The molecule has 0 aliphatic rings. The summed E-state index contributed by atoms with van der Waals surface area (Å²) in [5.74, 6) is 4.12. The van der Waals surface area contributed by atoms with E-state index in [0.717, 1.165) is 0 Å². The molecule has 4 nitrogen and oxygen atoms in total. The van der Waals surface area contributed by atoms with E-state index in [2.05, 4.69) is 21.4 Å². The van der Waals surface area contributed by atoms with Crippen LogP contribution in [-0.2, 0) is 0 Å². The van der Waals surface area contributed by atoms with Gasteiger partial charge < -0.3 is 10.5 Å². The van der Waals surface area contributed by atoms with Gasteiger partial charge in [-0.15, -0.1) is 24.8 Å². The number of anilines is 1. The molecule has 0 radical (unpaired) electrons. The number of carbonyl (C=O) groups is 1. The van der Waals surface area contributed by atoms with Gasteiger partial charge in [-0.2, -0.15) is 0 Å². The highest BCUT2D eigenvalue weighted by molar-refractivity contribution is 9.10. The fourth-order valence-electron chi connectivity index (χ4n) is 0.779. The Morgan fingerprint density at radius 1 is 1.43 bits per heavy atom. The molecule has 0 amide bonds. The summed E-state index contributed by atoms with van der Waals surface area (Å²) in [5, 5.41) is 8.69. The molecule has 0 atom stereocenters. The molecule has 1 aromatic rings. The van der Waals surface area contributed by atoms with E-state index in [4.69, 9.17) is 10.9 Å². The molecule has 1 aromatic carbocycles. The average molecular weight is 304 g/mol. The minimum absolute atomic E-state index is 0. The van der Waals surface area contributed by atoms with Crippen LogP contribution in [0.4, 0.5) is 5.69 Å². The van der Waals surface area contributed by atoms with Gasteiger partial charge in [-0.3, -0.25) is 5.84 Å². The van der Waals surface area contributed by atoms with Crippen molar-refractivity contribution in [1.29, 1.82) is 0 Å². The van der Waals surface area contributed by atoms with Crippen molar-refractivity contribution >= 4 is 52.4 Å². The van der Waals surface area contributed by atoms with Gasteiger partial charge >= 0.3 is 5.97 Å². The van der Waals surface area contributed by atoms with Crippen molar-refractivity contribution in [3.05, 3.63) is 28.2 Å². The second-order valence-corrected chi connectivity index (χ2v) is 3.00. The van der Waals surface area contributed by atoms with Crippen molar-refractivity contribution in [1.82, 2.24) is 0 Å². The SMILES string of the molecule is Cl.Cl.NNc1ccc(Br)c(C(=O)O)c1. The fourth-order valence-corrected chi connectivity index (χ4v) is 1.20. The zero-order chi connectivity index (χ0) is 9.14. The lowest BCUT2D eigenvalue weighted by Gasteiger charge is -2.02. The molecule has 80 valence electrons. The molecule has 0 saturated carbocycles. The number of halogens is 3. The first-order chi connectivity index (χ1) is 5.65. The molecule has 1 rings (SSSR count). The average Bonchev–Trinajstić information content (AvgIpc) is 2.05. The Balaban J connectivity index is 0. The van der Waals surface area contributed by atoms with E-state index >= 15 is 0 Å². The van der Waals surface area contributed by atoms with Crippen molar-refractivity contribution < 1.29 is 9.90 Å². The molecule has 0 unspecified atom stereocenters. The summed E-state index contributed by atoms with van der Waals surface area (Å²) in [6, 6.07) is 4.75. The summed E-state index contributed by atoms with van der Waals surface area (Å²) >= 11 is 3.11. The molecule has 7 heteroatoms. The van der Waals surface area contributed by atoms with Gasteiger partial charge in [0.05, 0.1) is 5.56 Å². The Labute approximate surface area is 102 Å². The summed E-state index contributed by atoms with van der Waals surface area (Å²) in [7, 11) is 0. The largest absolute Gasteiger partial charge is 0.478 e. The van der Waals surface area contributed by atoms with Crippen LogP contribution in [0, 0.1) is 0 Å². The van der Waals surface area contributed by atoms with E-state index in [0.29, 0.717) is 10.2 Å². The van der Waals surface area contributed by atoms with Gasteiger partial charge in [0.25, 0.3) is 0 Å². The summed E-state index contributed by atoms with van der Waals surface area (Å²) in [6.07, 6.45) is 0. The van der Waals surface area contributed by atoms with Gasteiger partial charge in [0.15, 0.2) is 0 Å². The van der Waals surface area contributed by atoms with Crippen LogP contribution in [0.1, 0.15) is 10.4 Å². The summed E-state index contributed by atoms with van der Waals surface area (Å²) in [6.45, 7) is 0. The number of aromatic carboxylic acids is 1. The first-order valence-corrected chi connectivity index (χ1v) is 3.94. The first-order valence-electron chi connectivity index (χ1n) is 3.14. The van der Waals surface area contributed by atoms with E-state index in [1.807, 2.05) is 0 Å². The third-order valence-corrected chi connectivity index (χ3v) is 2.05. The minimum atomic E-state index is -0.987. The quantitative estimate of drug-likeness (QED) is 0.579. The smallest absolute Gasteiger partial charge is 0.336 e. The molecule has 0 heterocycles. The van der Waals surface area contributed by atoms with Gasteiger partial charge in [0.1, 0.15) is 0 Å². The predicted molar refractivity (Wildman–Crippen MR) is 63.4 cm³/mol. The van der Waals surface area contributed by atoms with Gasteiger partial charge in [-0.1, -0.05) is 0 Å². The van der Waals surface area contributed by atoms with Crippen molar-refractivity contribution in [3.63, 3.8) is 0 Å². The van der Waals surface area contributed by atoms with Crippen molar-refractivity contribution in [2.75, 3.05) is 5.43 Å². The number of benzene rings is 1. The van der Waals surface area contributed by atoms with Crippen LogP contribution in [0.25, 0.3) is 0 Å². The van der Waals surface area contributed by atoms with Crippen LogP contribution in [0.5, 0.6) is 0 Å². The lowest BCUT2D eigenvalue weighted by molar-refractivity contribution is 0.0696. The van der Waals surface area contributed by atoms with Gasteiger partial charge in [0.2, 0.25) is 0 Å². The fraction of sp³-hybridized carbons (Fsp3) is 0. The lowest BCUT2D eigenvalue weighted by Crippen LogP contribution is -2.08. The van der Waals surface area contributed by atoms with Crippen molar-refractivity contribution in [3.8, 4) is 0 Å². The third kappa shape index (κ3) is 3.71.